The molecule has 1 aliphatic carbocycles. The molecule has 0 unspecified atom stereocenters. The molecule has 0 aliphatic heterocycles. The highest BCUT2D eigenvalue weighted by molar-refractivity contribution is 6.30. The summed E-state index contributed by atoms with van der Waals surface area (Å²) in [5, 5.41) is 16.0. The molecule has 7 heteroatoms. The third-order valence-corrected chi connectivity index (χ3v) is 5.11. The summed E-state index contributed by atoms with van der Waals surface area (Å²) in [7, 11) is 0. The van der Waals surface area contributed by atoms with E-state index >= 15 is 0 Å². The Kier molecular flexibility index (Phi) is 5.14. The fourth-order valence-corrected chi connectivity index (χ4v) is 3.41. The van der Waals surface area contributed by atoms with Crippen molar-refractivity contribution in [2.75, 3.05) is 0 Å². The number of rotatable bonds is 4. The van der Waals surface area contributed by atoms with Crippen molar-refractivity contribution in [3.63, 3.8) is 0 Å². The zero-order valence-electron chi connectivity index (χ0n) is 13.9. The van der Waals surface area contributed by atoms with E-state index in [0.717, 1.165) is 18.4 Å². The second-order valence-corrected chi connectivity index (χ2v) is 7.03. The highest BCUT2D eigenvalue weighted by Crippen LogP contribution is 2.29. The average molecular weight is 348 g/mol. The first-order chi connectivity index (χ1) is 11.5. The number of nitrogens with zero attached hydrogens (tertiary/aromatic N) is 4. The summed E-state index contributed by atoms with van der Waals surface area (Å²) >= 11 is 5.97. The minimum Gasteiger partial charge on any atom is -0.351 e. The second kappa shape index (κ2) is 7.30. The number of halogens is 1. The number of carbonyl (C=O) groups is 1. The van der Waals surface area contributed by atoms with Crippen molar-refractivity contribution in [2.45, 2.75) is 45.7 Å². The maximum atomic E-state index is 12.3. The van der Waals surface area contributed by atoms with Crippen molar-refractivity contribution in [3.05, 3.63) is 29.3 Å². The molecule has 1 saturated carbocycles. The summed E-state index contributed by atoms with van der Waals surface area (Å²) in [6, 6.07) is 7.48. The quantitative estimate of drug-likeness (QED) is 0.922. The van der Waals surface area contributed by atoms with Crippen molar-refractivity contribution in [2.24, 2.45) is 11.8 Å². The number of hydrogen-bond acceptors (Lipinski definition) is 4. The number of carbonyl (C=O) groups excluding carboxylic acids is 1. The molecule has 0 saturated heterocycles. The fraction of sp³-hybridized carbons (Fsp3) is 0.529. The van der Waals surface area contributed by atoms with Crippen LogP contribution in [0.3, 0.4) is 0 Å². The monoisotopic (exact) mass is 347 g/mol. The molecule has 0 spiro atoms. The summed E-state index contributed by atoms with van der Waals surface area (Å²) in [4.78, 5) is 13.6. The van der Waals surface area contributed by atoms with Gasteiger partial charge in [0, 0.05) is 16.6 Å². The van der Waals surface area contributed by atoms with Crippen LogP contribution >= 0.6 is 11.6 Å². The summed E-state index contributed by atoms with van der Waals surface area (Å²) in [6.45, 7) is 4.53. The van der Waals surface area contributed by atoms with Gasteiger partial charge in [-0.25, -0.2) is 0 Å². The van der Waals surface area contributed by atoms with Crippen LogP contribution in [-0.2, 0) is 11.3 Å². The summed E-state index contributed by atoms with van der Waals surface area (Å²) in [5.74, 6) is 1.53. The van der Waals surface area contributed by atoms with Gasteiger partial charge in [0.1, 0.15) is 6.54 Å². The highest BCUT2D eigenvalue weighted by Gasteiger charge is 2.28. The van der Waals surface area contributed by atoms with Crippen molar-refractivity contribution >= 4 is 17.5 Å². The van der Waals surface area contributed by atoms with E-state index in [2.05, 4.69) is 34.6 Å². The van der Waals surface area contributed by atoms with Gasteiger partial charge in [0.25, 0.3) is 0 Å². The molecule has 0 radical (unpaired) electrons. The second-order valence-electron chi connectivity index (χ2n) is 6.60. The van der Waals surface area contributed by atoms with E-state index in [4.69, 9.17) is 11.6 Å². The maximum Gasteiger partial charge on any atom is 0.243 e. The van der Waals surface area contributed by atoms with Gasteiger partial charge in [-0.2, -0.15) is 4.80 Å². The predicted molar refractivity (Wildman–Crippen MR) is 92.4 cm³/mol. The van der Waals surface area contributed by atoms with Gasteiger partial charge in [-0.1, -0.05) is 50.4 Å². The van der Waals surface area contributed by atoms with E-state index in [0.29, 0.717) is 22.7 Å². The van der Waals surface area contributed by atoms with Gasteiger partial charge in [-0.15, -0.1) is 10.2 Å². The third-order valence-electron chi connectivity index (χ3n) is 4.87. The van der Waals surface area contributed by atoms with E-state index in [1.807, 2.05) is 12.1 Å². The number of hydrogen-bond donors (Lipinski definition) is 1. The van der Waals surface area contributed by atoms with E-state index in [1.54, 1.807) is 12.1 Å². The highest BCUT2D eigenvalue weighted by atomic mass is 35.5. The average Bonchev–Trinajstić information content (AvgIpc) is 3.00. The Morgan fingerprint density at radius 3 is 3.00 bits per heavy atom. The molecule has 3 rings (SSSR count). The van der Waals surface area contributed by atoms with Crippen LogP contribution in [0.15, 0.2) is 24.3 Å². The van der Waals surface area contributed by atoms with Gasteiger partial charge in [-0.05, 0) is 35.6 Å². The summed E-state index contributed by atoms with van der Waals surface area (Å²) in [5.41, 5.74) is 0.781. The largest absolute Gasteiger partial charge is 0.351 e. The normalized spacial score (nSPS) is 23.9. The lowest BCUT2D eigenvalue weighted by atomic mass is 9.78. The van der Waals surface area contributed by atoms with Crippen LogP contribution < -0.4 is 5.32 Å². The standard InChI is InChI=1S/C17H22ClN5O/c1-11-5-3-8-15(12(11)2)19-16(24)10-23-21-17(20-22-23)13-6-4-7-14(18)9-13/h4,6-7,9,11-12,15H,3,5,8,10H2,1-2H3,(H,19,24)/t11-,12+,15+/m0/s1. The zero-order chi connectivity index (χ0) is 17.1. The molecule has 0 bridgehead atoms. The van der Waals surface area contributed by atoms with Crippen molar-refractivity contribution < 1.29 is 4.79 Å². The Labute approximate surface area is 146 Å². The van der Waals surface area contributed by atoms with Crippen LogP contribution in [0.1, 0.15) is 33.1 Å². The molecule has 1 heterocycles. The first-order valence-corrected chi connectivity index (χ1v) is 8.74. The third kappa shape index (κ3) is 3.93. The first kappa shape index (κ1) is 16.9. The van der Waals surface area contributed by atoms with E-state index in [1.165, 1.54) is 11.2 Å². The zero-order valence-corrected chi connectivity index (χ0v) is 14.7. The molecule has 24 heavy (non-hydrogen) atoms. The van der Waals surface area contributed by atoms with E-state index in [9.17, 15) is 4.79 Å². The molecule has 6 nitrogen and oxygen atoms in total. The minimum absolute atomic E-state index is 0.0732. The number of benzene rings is 1. The van der Waals surface area contributed by atoms with E-state index in [-0.39, 0.29) is 18.5 Å². The van der Waals surface area contributed by atoms with Crippen molar-refractivity contribution in [3.8, 4) is 11.4 Å². The minimum atomic E-state index is -0.0732. The molecule has 1 aromatic heterocycles. The lowest BCUT2D eigenvalue weighted by molar-refractivity contribution is -0.123. The van der Waals surface area contributed by atoms with Crippen LogP contribution in [0.5, 0.6) is 0 Å². The van der Waals surface area contributed by atoms with Gasteiger partial charge < -0.3 is 5.32 Å². The van der Waals surface area contributed by atoms with Crippen molar-refractivity contribution in [1.29, 1.82) is 0 Å². The SMILES string of the molecule is C[C@@H]1[C@@H](C)CCC[C@H]1NC(=O)Cn1nnc(-c2cccc(Cl)c2)n1. The van der Waals surface area contributed by atoms with Crippen molar-refractivity contribution in [1.82, 2.24) is 25.5 Å². The van der Waals surface area contributed by atoms with Crippen LogP contribution in [0.25, 0.3) is 11.4 Å². The Morgan fingerprint density at radius 1 is 1.38 bits per heavy atom. The smallest absolute Gasteiger partial charge is 0.243 e. The van der Waals surface area contributed by atoms with Gasteiger partial charge in [0.15, 0.2) is 0 Å². The molecule has 1 amide bonds. The fourth-order valence-electron chi connectivity index (χ4n) is 3.22. The Balaban J connectivity index is 1.61. The molecule has 1 aliphatic rings. The molecular weight excluding hydrogens is 326 g/mol. The Hall–Kier alpha value is -1.95. The molecular formula is C17H22ClN5O. The van der Waals surface area contributed by atoms with Gasteiger partial charge in [-0.3, -0.25) is 4.79 Å². The lowest BCUT2D eigenvalue weighted by Crippen LogP contribution is -2.45. The number of amides is 1. The number of nitrogens with one attached hydrogen (secondary N) is 1. The van der Waals surface area contributed by atoms with Gasteiger partial charge in [0.05, 0.1) is 0 Å². The molecule has 2 aromatic rings. The van der Waals surface area contributed by atoms with Crippen LogP contribution in [0, 0.1) is 11.8 Å². The van der Waals surface area contributed by atoms with Crippen LogP contribution in [0.2, 0.25) is 5.02 Å². The Morgan fingerprint density at radius 2 is 2.21 bits per heavy atom. The number of aromatic nitrogens is 4. The molecule has 3 atom stereocenters. The topological polar surface area (TPSA) is 72.7 Å². The molecule has 1 fully saturated rings. The lowest BCUT2D eigenvalue weighted by Gasteiger charge is -2.34. The summed E-state index contributed by atoms with van der Waals surface area (Å²) in [6.07, 6.45) is 3.44. The van der Waals surface area contributed by atoms with Crippen LogP contribution in [-0.4, -0.2) is 32.2 Å². The molecule has 128 valence electrons. The molecule has 1 aromatic carbocycles. The first-order valence-electron chi connectivity index (χ1n) is 8.36. The van der Waals surface area contributed by atoms with Gasteiger partial charge in [0.2, 0.25) is 11.7 Å². The Bertz CT molecular complexity index is 717. The molecule has 1 N–H and O–H groups in total. The van der Waals surface area contributed by atoms with Gasteiger partial charge >= 0.3 is 0 Å². The summed E-state index contributed by atoms with van der Waals surface area (Å²) < 4.78 is 0. The maximum absolute atomic E-state index is 12.3. The van der Waals surface area contributed by atoms with E-state index < -0.39 is 0 Å². The van der Waals surface area contributed by atoms with Crippen LogP contribution in [0.4, 0.5) is 0 Å². The number of tetrazole rings is 1. The predicted octanol–water partition coefficient (Wildman–Crippen LogP) is 2.93.